The van der Waals surface area contributed by atoms with Crippen molar-refractivity contribution in [2.45, 2.75) is 19.3 Å². The van der Waals surface area contributed by atoms with Crippen molar-refractivity contribution in [3.63, 3.8) is 0 Å². The second-order valence-electron chi connectivity index (χ2n) is 4.03. The van der Waals surface area contributed by atoms with E-state index in [2.05, 4.69) is 0 Å². The average Bonchev–Trinajstić information content (AvgIpc) is 2.74. The van der Waals surface area contributed by atoms with E-state index in [1.54, 1.807) is 14.2 Å². The van der Waals surface area contributed by atoms with Gasteiger partial charge in [0.2, 0.25) is 0 Å². The van der Waals surface area contributed by atoms with E-state index in [1.807, 2.05) is 24.3 Å². The van der Waals surface area contributed by atoms with Gasteiger partial charge < -0.3 is 9.47 Å². The summed E-state index contributed by atoms with van der Waals surface area (Å²) < 4.78 is 10.6. The van der Waals surface area contributed by atoms with Gasteiger partial charge in [0, 0.05) is 12.0 Å². The predicted octanol–water partition coefficient (Wildman–Crippen LogP) is 2.84. The molecule has 0 heterocycles. The molecule has 0 N–H and O–H groups in total. The lowest BCUT2D eigenvalue weighted by atomic mass is 10.1. The lowest BCUT2D eigenvalue weighted by Gasteiger charge is -2.10. The maximum atomic E-state index is 11.6. The maximum absolute atomic E-state index is 11.6. The molecular weight excluding hydrogens is 216 g/mol. The average molecular weight is 232 g/mol. The summed E-state index contributed by atoms with van der Waals surface area (Å²) in [5.41, 5.74) is 1.79. The number of Topliss-reactive ketones (excluding diaryl/α,β-unsaturated/α-hetero) is 1. The summed E-state index contributed by atoms with van der Waals surface area (Å²) in [7, 11) is 3.21. The van der Waals surface area contributed by atoms with Gasteiger partial charge in [0.15, 0.2) is 17.3 Å². The lowest BCUT2D eigenvalue weighted by molar-refractivity contribution is -0.114. The van der Waals surface area contributed by atoms with Crippen LogP contribution in [0.15, 0.2) is 23.8 Å². The molecule has 0 saturated heterocycles. The summed E-state index contributed by atoms with van der Waals surface area (Å²) in [6, 6.07) is 5.67. The summed E-state index contributed by atoms with van der Waals surface area (Å²) in [5.74, 6) is 1.62. The zero-order chi connectivity index (χ0) is 12.3. The van der Waals surface area contributed by atoms with Gasteiger partial charge in [-0.15, -0.1) is 0 Å². The van der Waals surface area contributed by atoms with Crippen LogP contribution >= 0.6 is 0 Å². The minimum Gasteiger partial charge on any atom is -0.493 e. The number of hydrogen-bond donors (Lipinski definition) is 0. The normalized spacial score (nSPS) is 17.5. The van der Waals surface area contributed by atoms with E-state index in [1.165, 1.54) is 0 Å². The van der Waals surface area contributed by atoms with Crippen LogP contribution in [0.25, 0.3) is 6.08 Å². The van der Waals surface area contributed by atoms with Crippen LogP contribution in [0.3, 0.4) is 0 Å². The molecule has 17 heavy (non-hydrogen) atoms. The molecule has 3 nitrogen and oxygen atoms in total. The molecule has 1 aliphatic rings. The van der Waals surface area contributed by atoms with E-state index < -0.39 is 0 Å². The van der Waals surface area contributed by atoms with Crippen LogP contribution in [0.4, 0.5) is 0 Å². The number of hydrogen-bond acceptors (Lipinski definition) is 3. The number of para-hydroxylation sites is 1. The number of rotatable bonds is 3. The van der Waals surface area contributed by atoms with Crippen molar-refractivity contribution in [1.82, 2.24) is 0 Å². The summed E-state index contributed by atoms with van der Waals surface area (Å²) in [4.78, 5) is 11.6. The van der Waals surface area contributed by atoms with Crippen LogP contribution in [-0.2, 0) is 4.79 Å². The second-order valence-corrected chi connectivity index (χ2v) is 4.03. The highest BCUT2D eigenvalue weighted by Crippen LogP contribution is 2.33. The number of carbonyl (C=O) groups excluding carboxylic acids is 1. The molecule has 1 saturated carbocycles. The fourth-order valence-corrected chi connectivity index (χ4v) is 2.11. The second kappa shape index (κ2) is 5.04. The van der Waals surface area contributed by atoms with Gasteiger partial charge in [-0.05, 0) is 30.6 Å². The minimum absolute atomic E-state index is 0.245. The molecule has 1 aromatic carbocycles. The highest BCUT2D eigenvalue weighted by molar-refractivity contribution is 6.01. The van der Waals surface area contributed by atoms with Gasteiger partial charge in [-0.2, -0.15) is 0 Å². The number of ether oxygens (including phenoxy) is 2. The minimum atomic E-state index is 0.245. The van der Waals surface area contributed by atoms with Gasteiger partial charge >= 0.3 is 0 Å². The molecule has 1 aliphatic carbocycles. The van der Waals surface area contributed by atoms with E-state index in [4.69, 9.17) is 9.47 Å². The Hall–Kier alpha value is -1.77. The Balaban J connectivity index is 2.41. The summed E-state index contributed by atoms with van der Waals surface area (Å²) in [5, 5.41) is 0. The molecule has 90 valence electrons. The zero-order valence-electron chi connectivity index (χ0n) is 10.2. The van der Waals surface area contributed by atoms with Crippen LogP contribution in [0.2, 0.25) is 0 Å². The Bertz CT molecular complexity index is 461. The number of carbonyl (C=O) groups is 1. The molecule has 1 fully saturated rings. The summed E-state index contributed by atoms with van der Waals surface area (Å²) in [6.07, 6.45) is 4.39. The van der Waals surface area contributed by atoms with Crippen molar-refractivity contribution in [3.8, 4) is 11.5 Å². The molecule has 0 aromatic heterocycles. The van der Waals surface area contributed by atoms with Gasteiger partial charge in [-0.25, -0.2) is 0 Å². The molecule has 0 unspecified atom stereocenters. The Morgan fingerprint density at radius 2 is 2.00 bits per heavy atom. The van der Waals surface area contributed by atoms with Gasteiger partial charge in [-0.1, -0.05) is 12.1 Å². The Morgan fingerprint density at radius 1 is 1.18 bits per heavy atom. The topological polar surface area (TPSA) is 35.5 Å². The molecule has 0 spiro atoms. The van der Waals surface area contributed by atoms with E-state index in [0.717, 1.165) is 24.0 Å². The lowest BCUT2D eigenvalue weighted by Crippen LogP contribution is -1.95. The van der Waals surface area contributed by atoms with Gasteiger partial charge in [0.25, 0.3) is 0 Å². The molecule has 2 rings (SSSR count). The highest BCUT2D eigenvalue weighted by atomic mass is 16.5. The number of methoxy groups -OCH3 is 2. The first-order chi connectivity index (χ1) is 8.26. The van der Waals surface area contributed by atoms with Gasteiger partial charge in [-0.3, -0.25) is 4.79 Å². The van der Waals surface area contributed by atoms with Crippen molar-refractivity contribution in [2.75, 3.05) is 14.2 Å². The fourth-order valence-electron chi connectivity index (χ4n) is 2.11. The Labute approximate surface area is 101 Å². The van der Waals surface area contributed by atoms with Crippen molar-refractivity contribution in [1.29, 1.82) is 0 Å². The van der Waals surface area contributed by atoms with Crippen LogP contribution in [0.1, 0.15) is 24.8 Å². The quantitative estimate of drug-likeness (QED) is 0.752. The number of allylic oxidation sites excluding steroid dienone is 1. The molecule has 0 aliphatic heterocycles. The van der Waals surface area contributed by atoms with Crippen molar-refractivity contribution >= 4 is 11.9 Å². The standard InChI is InChI=1S/C14H16O3/c1-16-13-8-4-6-11(14(13)17-2)9-10-5-3-7-12(10)15/h4,6,8-9H,3,5,7H2,1-2H3. The van der Waals surface area contributed by atoms with E-state index in [0.29, 0.717) is 17.9 Å². The van der Waals surface area contributed by atoms with E-state index in [-0.39, 0.29) is 5.78 Å². The highest BCUT2D eigenvalue weighted by Gasteiger charge is 2.18. The zero-order valence-corrected chi connectivity index (χ0v) is 10.2. The molecule has 0 atom stereocenters. The smallest absolute Gasteiger partial charge is 0.167 e. The molecular formula is C14H16O3. The predicted molar refractivity (Wildman–Crippen MR) is 66.4 cm³/mol. The third kappa shape index (κ3) is 2.33. The Morgan fingerprint density at radius 3 is 2.59 bits per heavy atom. The number of ketones is 1. The molecule has 1 aromatic rings. The fraction of sp³-hybridized carbons (Fsp3) is 0.357. The van der Waals surface area contributed by atoms with Crippen molar-refractivity contribution in [3.05, 3.63) is 29.3 Å². The van der Waals surface area contributed by atoms with Crippen molar-refractivity contribution < 1.29 is 14.3 Å². The molecule has 0 radical (unpaired) electrons. The summed E-state index contributed by atoms with van der Waals surface area (Å²) in [6.45, 7) is 0. The maximum Gasteiger partial charge on any atom is 0.167 e. The monoisotopic (exact) mass is 232 g/mol. The number of benzene rings is 1. The summed E-state index contributed by atoms with van der Waals surface area (Å²) >= 11 is 0. The SMILES string of the molecule is COc1cccc(C=C2CCCC2=O)c1OC. The van der Waals surface area contributed by atoms with E-state index in [9.17, 15) is 4.79 Å². The molecule has 3 heteroatoms. The van der Waals surface area contributed by atoms with Crippen LogP contribution in [0, 0.1) is 0 Å². The first-order valence-electron chi connectivity index (χ1n) is 5.71. The Kier molecular flexibility index (Phi) is 3.47. The largest absolute Gasteiger partial charge is 0.493 e. The third-order valence-electron chi connectivity index (χ3n) is 2.97. The first kappa shape index (κ1) is 11.7. The molecule has 0 amide bonds. The molecule has 0 bridgehead atoms. The van der Waals surface area contributed by atoms with Crippen molar-refractivity contribution in [2.24, 2.45) is 0 Å². The van der Waals surface area contributed by atoms with Crippen LogP contribution in [0.5, 0.6) is 11.5 Å². The third-order valence-corrected chi connectivity index (χ3v) is 2.97. The van der Waals surface area contributed by atoms with Gasteiger partial charge in [0.1, 0.15) is 0 Å². The van der Waals surface area contributed by atoms with Gasteiger partial charge in [0.05, 0.1) is 14.2 Å². The van der Waals surface area contributed by atoms with Crippen LogP contribution < -0.4 is 9.47 Å². The first-order valence-corrected chi connectivity index (χ1v) is 5.71. The van der Waals surface area contributed by atoms with Crippen LogP contribution in [-0.4, -0.2) is 20.0 Å². The van der Waals surface area contributed by atoms with E-state index >= 15 is 0 Å².